The zero-order valence-electron chi connectivity index (χ0n) is 10.5. The number of nitro benzene ring substituents is 1. The van der Waals surface area contributed by atoms with Crippen LogP contribution in [0.15, 0.2) is 48.5 Å². The quantitative estimate of drug-likeness (QED) is 0.471. The van der Waals surface area contributed by atoms with E-state index >= 15 is 0 Å². The predicted octanol–water partition coefficient (Wildman–Crippen LogP) is 4.43. The lowest BCUT2D eigenvalue weighted by atomic mass is 10.0. The standard InChI is InChI=1S/C15H14ClNO2/c1-11-7-8-15(17(18)19)13(9-11)10-14(16)12-5-3-2-4-6-12/h2-9,14H,10H2,1H3. The van der Waals surface area contributed by atoms with Crippen molar-refractivity contribution in [3.63, 3.8) is 0 Å². The molecule has 2 aromatic rings. The minimum Gasteiger partial charge on any atom is -0.258 e. The van der Waals surface area contributed by atoms with Gasteiger partial charge in [0.2, 0.25) is 0 Å². The first-order chi connectivity index (χ1) is 9.08. The summed E-state index contributed by atoms with van der Waals surface area (Å²) in [4.78, 5) is 10.7. The van der Waals surface area contributed by atoms with Gasteiger partial charge in [-0.05, 0) is 25.0 Å². The molecular formula is C15H14ClNO2. The second-order valence-corrected chi connectivity index (χ2v) is 5.00. The number of benzene rings is 2. The SMILES string of the molecule is Cc1ccc([N+](=O)[O-])c(CC(Cl)c2ccccc2)c1. The van der Waals surface area contributed by atoms with E-state index in [0.717, 1.165) is 11.1 Å². The summed E-state index contributed by atoms with van der Waals surface area (Å²) in [6, 6.07) is 14.7. The molecule has 0 heterocycles. The van der Waals surface area contributed by atoms with Gasteiger partial charge in [-0.25, -0.2) is 0 Å². The zero-order chi connectivity index (χ0) is 13.8. The summed E-state index contributed by atoms with van der Waals surface area (Å²) in [6.07, 6.45) is 0.448. The van der Waals surface area contributed by atoms with Crippen LogP contribution in [-0.2, 0) is 6.42 Å². The Morgan fingerprint density at radius 3 is 2.53 bits per heavy atom. The highest BCUT2D eigenvalue weighted by Gasteiger charge is 2.17. The minimum absolute atomic E-state index is 0.132. The van der Waals surface area contributed by atoms with E-state index in [1.54, 1.807) is 12.1 Å². The molecule has 0 aromatic heterocycles. The summed E-state index contributed by atoms with van der Waals surface area (Å²) in [5, 5.41) is 10.8. The van der Waals surface area contributed by atoms with Crippen molar-refractivity contribution in [2.45, 2.75) is 18.7 Å². The second kappa shape index (κ2) is 5.85. The topological polar surface area (TPSA) is 43.1 Å². The molecule has 4 heteroatoms. The Labute approximate surface area is 117 Å². The molecule has 19 heavy (non-hydrogen) atoms. The molecule has 2 rings (SSSR count). The number of rotatable bonds is 4. The first-order valence-corrected chi connectivity index (χ1v) is 6.44. The number of nitro groups is 1. The van der Waals surface area contributed by atoms with Crippen LogP contribution in [-0.4, -0.2) is 4.92 Å². The van der Waals surface area contributed by atoms with Gasteiger partial charge in [0.15, 0.2) is 0 Å². The van der Waals surface area contributed by atoms with E-state index in [2.05, 4.69) is 0 Å². The van der Waals surface area contributed by atoms with Gasteiger partial charge in [0.05, 0.1) is 10.3 Å². The van der Waals surface area contributed by atoms with Crippen LogP contribution in [0.25, 0.3) is 0 Å². The van der Waals surface area contributed by atoms with Crippen LogP contribution >= 0.6 is 11.6 Å². The van der Waals surface area contributed by atoms with Crippen molar-refractivity contribution in [1.82, 2.24) is 0 Å². The number of aryl methyl sites for hydroxylation is 1. The van der Waals surface area contributed by atoms with Gasteiger partial charge in [0.25, 0.3) is 5.69 Å². The molecule has 0 saturated heterocycles. The average molecular weight is 276 g/mol. The van der Waals surface area contributed by atoms with E-state index < -0.39 is 0 Å². The fourth-order valence-corrected chi connectivity index (χ4v) is 2.34. The van der Waals surface area contributed by atoms with E-state index in [-0.39, 0.29) is 16.0 Å². The highest BCUT2D eigenvalue weighted by atomic mass is 35.5. The van der Waals surface area contributed by atoms with Crippen LogP contribution in [0.5, 0.6) is 0 Å². The monoisotopic (exact) mass is 275 g/mol. The molecule has 0 saturated carbocycles. The van der Waals surface area contributed by atoms with Gasteiger partial charge < -0.3 is 0 Å². The number of hydrogen-bond acceptors (Lipinski definition) is 2. The van der Waals surface area contributed by atoms with Crippen molar-refractivity contribution in [3.8, 4) is 0 Å². The summed E-state index contributed by atoms with van der Waals surface area (Å²) < 4.78 is 0. The smallest absolute Gasteiger partial charge is 0.258 e. The van der Waals surface area contributed by atoms with Gasteiger partial charge in [-0.3, -0.25) is 10.1 Å². The third-order valence-electron chi connectivity index (χ3n) is 2.99. The molecule has 0 bridgehead atoms. The summed E-state index contributed by atoms with van der Waals surface area (Å²) in [6.45, 7) is 1.92. The van der Waals surface area contributed by atoms with Crippen LogP contribution in [0.4, 0.5) is 5.69 Å². The van der Waals surface area contributed by atoms with Crippen molar-refractivity contribution in [1.29, 1.82) is 0 Å². The van der Waals surface area contributed by atoms with Crippen LogP contribution in [0, 0.1) is 17.0 Å². The molecule has 0 aliphatic rings. The van der Waals surface area contributed by atoms with Crippen LogP contribution in [0.3, 0.4) is 0 Å². The normalized spacial score (nSPS) is 12.1. The lowest BCUT2D eigenvalue weighted by molar-refractivity contribution is -0.385. The average Bonchev–Trinajstić information content (AvgIpc) is 2.39. The fourth-order valence-electron chi connectivity index (χ4n) is 2.03. The first kappa shape index (κ1) is 13.6. The predicted molar refractivity (Wildman–Crippen MR) is 76.6 cm³/mol. The highest BCUT2D eigenvalue weighted by molar-refractivity contribution is 6.20. The first-order valence-electron chi connectivity index (χ1n) is 6.01. The number of hydrogen-bond donors (Lipinski definition) is 0. The lowest BCUT2D eigenvalue weighted by Gasteiger charge is -2.10. The molecule has 3 nitrogen and oxygen atoms in total. The Hall–Kier alpha value is -1.87. The maximum Gasteiger partial charge on any atom is 0.272 e. The molecule has 1 atom stereocenters. The van der Waals surface area contributed by atoms with Gasteiger partial charge in [0.1, 0.15) is 0 Å². The molecule has 0 aliphatic carbocycles. The second-order valence-electron chi connectivity index (χ2n) is 4.47. The third kappa shape index (κ3) is 3.32. The van der Waals surface area contributed by atoms with Gasteiger partial charge in [-0.15, -0.1) is 11.6 Å². The maximum absolute atomic E-state index is 11.0. The molecule has 0 radical (unpaired) electrons. The van der Waals surface area contributed by atoms with Crippen molar-refractivity contribution < 1.29 is 4.92 Å². The summed E-state index contributed by atoms with van der Waals surface area (Å²) in [7, 11) is 0. The van der Waals surface area contributed by atoms with Gasteiger partial charge in [0, 0.05) is 11.6 Å². The van der Waals surface area contributed by atoms with Crippen molar-refractivity contribution in [2.75, 3.05) is 0 Å². The van der Waals surface area contributed by atoms with E-state index in [0.29, 0.717) is 12.0 Å². The Kier molecular flexibility index (Phi) is 4.17. The summed E-state index contributed by atoms with van der Waals surface area (Å²) in [5.41, 5.74) is 2.78. The van der Waals surface area contributed by atoms with Gasteiger partial charge in [-0.2, -0.15) is 0 Å². The molecular weight excluding hydrogens is 262 g/mol. The van der Waals surface area contributed by atoms with Gasteiger partial charge >= 0.3 is 0 Å². The molecule has 0 N–H and O–H groups in total. The summed E-state index contributed by atoms with van der Waals surface area (Å²) >= 11 is 6.35. The minimum atomic E-state index is -0.358. The Morgan fingerprint density at radius 1 is 1.21 bits per heavy atom. The van der Waals surface area contributed by atoms with Crippen molar-refractivity contribution in [2.24, 2.45) is 0 Å². The molecule has 0 fully saturated rings. The number of halogens is 1. The lowest BCUT2D eigenvalue weighted by Crippen LogP contribution is -2.01. The molecule has 0 amide bonds. The Morgan fingerprint density at radius 2 is 1.89 bits per heavy atom. The maximum atomic E-state index is 11.0. The van der Waals surface area contributed by atoms with Crippen LogP contribution < -0.4 is 0 Å². The van der Waals surface area contributed by atoms with Gasteiger partial charge in [-0.1, -0.05) is 42.0 Å². The molecule has 0 aliphatic heterocycles. The molecule has 0 spiro atoms. The van der Waals surface area contributed by atoms with E-state index in [1.807, 2.05) is 43.3 Å². The molecule has 2 aromatic carbocycles. The number of alkyl halides is 1. The fraction of sp³-hybridized carbons (Fsp3) is 0.200. The Balaban J connectivity index is 2.28. The van der Waals surface area contributed by atoms with E-state index in [1.165, 1.54) is 0 Å². The van der Waals surface area contributed by atoms with Crippen LogP contribution in [0.2, 0.25) is 0 Å². The number of nitrogens with zero attached hydrogens (tertiary/aromatic N) is 1. The third-order valence-corrected chi connectivity index (χ3v) is 3.40. The highest BCUT2D eigenvalue weighted by Crippen LogP contribution is 2.29. The van der Waals surface area contributed by atoms with E-state index in [4.69, 9.17) is 11.6 Å². The van der Waals surface area contributed by atoms with Crippen LogP contribution in [0.1, 0.15) is 22.1 Å². The zero-order valence-corrected chi connectivity index (χ0v) is 11.3. The van der Waals surface area contributed by atoms with Crippen molar-refractivity contribution in [3.05, 3.63) is 75.3 Å². The molecule has 98 valence electrons. The largest absolute Gasteiger partial charge is 0.272 e. The van der Waals surface area contributed by atoms with E-state index in [9.17, 15) is 10.1 Å². The molecule has 1 unspecified atom stereocenters. The van der Waals surface area contributed by atoms with Crippen molar-refractivity contribution >= 4 is 17.3 Å². The summed E-state index contributed by atoms with van der Waals surface area (Å²) in [5.74, 6) is 0. The Bertz CT molecular complexity index is 584.